The van der Waals surface area contributed by atoms with Crippen molar-refractivity contribution < 1.29 is 17.6 Å². The molecule has 0 saturated carbocycles. The van der Waals surface area contributed by atoms with Crippen LogP contribution in [0.25, 0.3) is 24.3 Å². The molecule has 3 aliphatic heterocycles. The SMILES string of the molecule is C=CC1=NCC=C1.C=Cc1ccn(C(C)(C)C)n1.C=Cc1ccn[nH]1.C=Cc1ncc[nH]1.C=Cc1nccn1C(C)(C)C.CC(C)(C)C.CC(C)(C)C.CC(C)(C)C.CC(C)(C)C.CC(C)(C)C.CC(C)(C)C.CC(C)(C)n1ccc(F)n1.FC1=NC=CC1.FC1=NCC=C1.Fc1ccn[nH]1. The summed E-state index contributed by atoms with van der Waals surface area (Å²) in [6.07, 6.45) is 33.1. The summed E-state index contributed by atoms with van der Waals surface area (Å²) in [6.45, 7) is 90.5. The lowest BCUT2D eigenvalue weighted by Crippen LogP contribution is -2.22. The van der Waals surface area contributed by atoms with Crippen molar-refractivity contribution in [1.29, 1.82) is 0 Å². The molecule has 0 bridgehead atoms. The van der Waals surface area contributed by atoms with Gasteiger partial charge < -0.3 is 9.55 Å². The molecule has 19 heteroatoms. The second-order valence-electron chi connectivity index (χ2n) is 35.2. The molecule has 15 nitrogen and oxygen atoms in total. The average molecular weight is 1410 g/mol. The number of aromatic amines is 3. The molecule has 6 aromatic heterocycles. The van der Waals surface area contributed by atoms with Crippen molar-refractivity contribution in [3.63, 3.8) is 0 Å². The normalized spacial score (nSPS) is 12.3. The van der Waals surface area contributed by atoms with Crippen LogP contribution >= 0.6 is 0 Å². The van der Waals surface area contributed by atoms with Gasteiger partial charge in [-0.05, 0) is 149 Å². The van der Waals surface area contributed by atoms with E-state index < -0.39 is 11.9 Å². The lowest BCUT2D eigenvalue weighted by molar-refractivity contribution is 0.342. The predicted octanol–water partition coefficient (Wildman–Crippen LogP) is 24.7. The fourth-order valence-electron chi connectivity index (χ4n) is 4.73. The van der Waals surface area contributed by atoms with E-state index in [0.29, 0.717) is 45.5 Å². The molecule has 9 rings (SSSR count). The van der Waals surface area contributed by atoms with E-state index >= 15 is 0 Å². The minimum absolute atomic E-state index is 0.0707. The number of halogens is 4. The van der Waals surface area contributed by atoms with E-state index in [1.807, 2.05) is 62.1 Å². The van der Waals surface area contributed by atoms with E-state index in [1.165, 1.54) is 30.6 Å². The zero-order valence-corrected chi connectivity index (χ0v) is 69.3. The molecule has 572 valence electrons. The summed E-state index contributed by atoms with van der Waals surface area (Å²) in [6, 6.07) is 6.41. The van der Waals surface area contributed by atoms with Crippen molar-refractivity contribution in [1.82, 2.24) is 59.5 Å². The molecule has 0 atom stereocenters. The predicted molar refractivity (Wildman–Crippen MR) is 435 cm³/mol. The first-order chi connectivity index (χ1) is 45.6. The van der Waals surface area contributed by atoms with Crippen LogP contribution in [0, 0.1) is 44.4 Å². The minimum atomic E-state index is -0.421. The molecule has 0 aliphatic carbocycles. The molecule has 0 fully saturated rings. The van der Waals surface area contributed by atoms with Crippen LogP contribution in [0.2, 0.25) is 0 Å². The van der Waals surface area contributed by atoms with Crippen molar-refractivity contribution in [3.8, 4) is 0 Å². The van der Waals surface area contributed by atoms with Gasteiger partial charge in [0.05, 0.1) is 47.5 Å². The Morgan fingerprint density at radius 2 is 0.891 bits per heavy atom. The van der Waals surface area contributed by atoms with Gasteiger partial charge in [-0.1, -0.05) is 217 Å². The summed E-state index contributed by atoms with van der Waals surface area (Å²) in [5.41, 5.74) is 5.94. The number of H-pyrrole nitrogens is 3. The second-order valence-corrected chi connectivity index (χ2v) is 35.2. The smallest absolute Gasteiger partial charge is 0.232 e. The fraction of sp³-hybridized carbons (Fsp3) is 0.549. The second kappa shape index (κ2) is 52.8. The van der Waals surface area contributed by atoms with Crippen LogP contribution in [0.4, 0.5) is 17.6 Å². The first kappa shape index (κ1) is 104. The Kier molecular flexibility index (Phi) is 54.4. The van der Waals surface area contributed by atoms with Gasteiger partial charge in [0.2, 0.25) is 17.9 Å². The molecule has 0 saturated heterocycles. The van der Waals surface area contributed by atoms with Crippen molar-refractivity contribution in [3.05, 3.63) is 184 Å². The van der Waals surface area contributed by atoms with Gasteiger partial charge in [0.15, 0.2) is 5.97 Å². The van der Waals surface area contributed by atoms with Gasteiger partial charge in [0.1, 0.15) is 11.6 Å². The maximum absolute atomic E-state index is 12.3. The Bertz CT molecular complexity index is 3030. The monoisotopic (exact) mass is 1410 g/mol. The molecule has 0 unspecified atom stereocenters. The molecule has 9 heterocycles. The third kappa shape index (κ3) is 91.9. The van der Waals surface area contributed by atoms with E-state index in [9.17, 15) is 17.6 Å². The number of nitrogens with zero attached hydrogens (tertiary/aromatic N) is 12. The highest BCUT2D eigenvalue weighted by molar-refractivity contribution is 6.04. The van der Waals surface area contributed by atoms with Crippen LogP contribution in [0.3, 0.4) is 0 Å². The van der Waals surface area contributed by atoms with Gasteiger partial charge >= 0.3 is 0 Å². The summed E-state index contributed by atoms with van der Waals surface area (Å²) >= 11 is 0. The van der Waals surface area contributed by atoms with E-state index in [-0.39, 0.29) is 28.5 Å². The summed E-state index contributed by atoms with van der Waals surface area (Å²) in [5, 5.41) is 19.8. The van der Waals surface area contributed by atoms with Crippen LogP contribution in [-0.4, -0.2) is 90.2 Å². The van der Waals surface area contributed by atoms with Gasteiger partial charge in [-0.25, -0.2) is 15.0 Å². The number of hydrogen-bond donors (Lipinski definition) is 3. The van der Waals surface area contributed by atoms with Crippen molar-refractivity contribution in [2.75, 3.05) is 13.1 Å². The Balaban J connectivity index is -0.000000242. The van der Waals surface area contributed by atoms with Crippen LogP contribution < -0.4 is 0 Å². The highest BCUT2D eigenvalue weighted by atomic mass is 19.1. The van der Waals surface area contributed by atoms with E-state index in [2.05, 4.69) is 306 Å². The molecular weight excluding hydrogens is 1270 g/mol. The molecule has 3 aliphatic rings. The molecule has 0 amide bonds. The van der Waals surface area contributed by atoms with Gasteiger partial charge in [-0.15, -0.1) is 5.10 Å². The third-order valence-electron chi connectivity index (χ3n) is 8.33. The quantitative estimate of drug-likeness (QED) is 0.145. The number of allylic oxidation sites excluding steroid dienone is 4. The first-order valence-electron chi connectivity index (χ1n) is 34.1. The molecular formula is C82H141F4N15. The molecule has 0 aromatic carbocycles. The largest absolute Gasteiger partial charge is 0.345 e. The maximum Gasteiger partial charge on any atom is 0.232 e. The summed E-state index contributed by atoms with van der Waals surface area (Å²) in [4.78, 5) is 21.6. The summed E-state index contributed by atoms with van der Waals surface area (Å²) < 4.78 is 52.7. The van der Waals surface area contributed by atoms with E-state index in [1.54, 1.807) is 78.2 Å². The number of nitrogens with one attached hydrogen (secondary N) is 3. The Labute approximate surface area is 612 Å². The van der Waals surface area contributed by atoms with Crippen molar-refractivity contribution in [2.24, 2.45) is 47.5 Å². The standard InChI is InChI=1S/2C9H14N2.C7H11FN2.C6H7N.2C5H6N2.6C5H12.2C4H4FN.C3H3FN2/c1-5-8-10-6-7-11(8)9(2,3)4;1-5-8-6-7-11(10-8)9(2,3)4;1-7(2,3)10-5-4-6(8)9-10;1-2-6-4-3-5-7-6;1-2-5-6-3-4-7-5;1-2-5-3-4-6-7-5;6*1-5(2,3)4;2*5-4-2-1-3-6-4;4-3-1-2-5-6-3/h2*5-7H,1H2,2-4H3;4-5H,1-3H3;2-4H,1,5H2;2*2-4H,1H2,(H,6,7);6*1-4H3;1,3H,2H2;1-2H,3H2;1-2H,(H,5,6). The molecule has 6 aromatic rings. The molecule has 0 spiro atoms. The third-order valence-corrected chi connectivity index (χ3v) is 8.33. The van der Waals surface area contributed by atoms with Crippen molar-refractivity contribution in [2.45, 2.75) is 252 Å². The number of imidazole rings is 2. The lowest BCUT2D eigenvalue weighted by Gasteiger charge is -2.22. The average Bonchev–Trinajstić information content (AvgIpc) is 1.76. The van der Waals surface area contributed by atoms with Gasteiger partial charge in [-0.2, -0.15) is 32.9 Å². The van der Waals surface area contributed by atoms with E-state index in [4.69, 9.17) is 0 Å². The number of hydrogen-bond acceptors (Lipinski definition) is 9. The van der Waals surface area contributed by atoms with Crippen LogP contribution in [0.5, 0.6) is 0 Å². The van der Waals surface area contributed by atoms with Crippen LogP contribution in [0.15, 0.2) is 164 Å². The Morgan fingerprint density at radius 1 is 0.436 bits per heavy atom. The maximum atomic E-state index is 12.3. The van der Waals surface area contributed by atoms with Crippen LogP contribution in [-0.2, 0) is 16.6 Å². The number of aliphatic imine (C=N–C) groups is 3. The zero-order chi connectivity index (χ0) is 80.3. The Hall–Kier alpha value is -8.09. The molecule has 101 heavy (non-hydrogen) atoms. The lowest BCUT2D eigenvalue weighted by atomic mass is 10.0. The zero-order valence-electron chi connectivity index (χ0n) is 69.3. The summed E-state index contributed by atoms with van der Waals surface area (Å²) in [5.74, 6) is 0.299. The first-order valence-corrected chi connectivity index (χ1v) is 34.1. The minimum Gasteiger partial charge on any atom is -0.345 e. The topological polar surface area (TPSA) is 177 Å². The van der Waals surface area contributed by atoms with Gasteiger partial charge in [0.25, 0.3) is 0 Å². The number of rotatable bonds is 5. The summed E-state index contributed by atoms with van der Waals surface area (Å²) in [7, 11) is 0. The highest BCUT2D eigenvalue weighted by Crippen LogP contribution is 2.17. The highest BCUT2D eigenvalue weighted by Gasteiger charge is 2.15. The number of aromatic nitrogens is 12. The Morgan fingerprint density at radius 3 is 1.07 bits per heavy atom. The van der Waals surface area contributed by atoms with Crippen LogP contribution in [0.1, 0.15) is 258 Å². The molecule has 0 radical (unpaired) electrons. The van der Waals surface area contributed by atoms with Gasteiger partial charge in [-0.3, -0.25) is 29.5 Å². The van der Waals surface area contributed by atoms with Crippen molar-refractivity contribution >= 4 is 41.9 Å². The fourth-order valence-corrected chi connectivity index (χ4v) is 4.73. The van der Waals surface area contributed by atoms with E-state index in [0.717, 1.165) is 35.3 Å². The molecule has 3 N–H and O–H groups in total. The van der Waals surface area contributed by atoms with Gasteiger partial charge in [0, 0.05) is 73.7 Å².